The third kappa shape index (κ3) is 3.00. The van der Waals surface area contributed by atoms with Crippen LogP contribution in [0, 0.1) is 11.8 Å². The van der Waals surface area contributed by atoms with E-state index < -0.39 is 27.1 Å². The monoisotopic (exact) mass is 437 g/mol. The van der Waals surface area contributed by atoms with Gasteiger partial charge in [-0.2, -0.15) is 8.42 Å². The van der Waals surface area contributed by atoms with E-state index >= 15 is 0 Å². The number of benzene rings is 2. The Labute approximate surface area is 180 Å². The van der Waals surface area contributed by atoms with E-state index in [0.717, 1.165) is 24.8 Å². The van der Waals surface area contributed by atoms with Gasteiger partial charge in [0.15, 0.2) is 11.6 Å². The van der Waals surface area contributed by atoms with Crippen LogP contribution >= 0.6 is 0 Å². The van der Waals surface area contributed by atoms with Gasteiger partial charge in [-0.15, -0.1) is 4.40 Å². The Balaban J connectivity index is 1.63. The molecule has 31 heavy (non-hydrogen) atoms. The lowest BCUT2D eigenvalue weighted by Crippen LogP contribution is -2.52. The topological polar surface area (TPSA) is 119 Å². The summed E-state index contributed by atoms with van der Waals surface area (Å²) in [4.78, 5) is 27.2. The number of nitrogens with zero attached hydrogens (tertiary/aromatic N) is 1. The maximum Gasteiger partial charge on any atom is 0.286 e. The van der Waals surface area contributed by atoms with Gasteiger partial charge in [-0.1, -0.05) is 43.5 Å². The van der Waals surface area contributed by atoms with E-state index in [1.54, 1.807) is 18.2 Å². The lowest BCUT2D eigenvalue weighted by Gasteiger charge is -2.42. The number of rotatable bonds is 3. The Hall–Kier alpha value is -3.00. The van der Waals surface area contributed by atoms with E-state index in [-0.39, 0.29) is 27.9 Å². The van der Waals surface area contributed by atoms with Crippen LogP contribution in [0.15, 0.2) is 51.8 Å². The largest absolute Gasteiger partial charge is 0.399 e. The number of amidine groups is 1. The van der Waals surface area contributed by atoms with Gasteiger partial charge in [-0.25, -0.2) is 0 Å². The van der Waals surface area contributed by atoms with Gasteiger partial charge in [0.25, 0.3) is 10.0 Å². The number of nitrogens with two attached hydrogens (primary N) is 1. The number of Topliss-reactive ketones (excluding diaryl/α,β-unsaturated/α-hetero) is 2. The quantitative estimate of drug-likeness (QED) is 0.562. The first kappa shape index (κ1) is 19.9. The molecule has 3 N–H and O–H groups in total. The van der Waals surface area contributed by atoms with E-state index in [2.05, 4.69) is 9.71 Å². The van der Waals surface area contributed by atoms with Crippen LogP contribution in [0.5, 0.6) is 0 Å². The SMILES string of the molecule is CC1(CC2CCC2)C(=O)C(C2=NS(=O)(=O)c3cc(N)ccc3N2)C(=O)c2ccccc21. The van der Waals surface area contributed by atoms with Crippen molar-refractivity contribution in [2.24, 2.45) is 16.2 Å². The van der Waals surface area contributed by atoms with Crippen molar-refractivity contribution in [2.45, 2.75) is 42.9 Å². The molecule has 1 fully saturated rings. The first-order chi connectivity index (χ1) is 14.7. The van der Waals surface area contributed by atoms with Crippen molar-refractivity contribution in [3.8, 4) is 0 Å². The van der Waals surface area contributed by atoms with Crippen LogP contribution in [0.3, 0.4) is 0 Å². The van der Waals surface area contributed by atoms with Gasteiger partial charge in [-0.3, -0.25) is 9.59 Å². The maximum absolute atomic E-state index is 13.8. The summed E-state index contributed by atoms with van der Waals surface area (Å²) in [5.41, 5.74) is 6.58. The first-order valence-electron chi connectivity index (χ1n) is 10.4. The highest BCUT2D eigenvalue weighted by Gasteiger charge is 2.52. The molecule has 8 heteroatoms. The highest BCUT2D eigenvalue weighted by molar-refractivity contribution is 7.90. The zero-order valence-corrected chi connectivity index (χ0v) is 17.9. The van der Waals surface area contributed by atoms with E-state index in [1.807, 2.05) is 19.1 Å². The van der Waals surface area contributed by atoms with Crippen molar-refractivity contribution in [3.05, 3.63) is 53.6 Å². The summed E-state index contributed by atoms with van der Waals surface area (Å²) in [6.07, 6.45) is 3.91. The number of carbonyl (C=O) groups is 2. The molecule has 2 aliphatic carbocycles. The Morgan fingerprint density at radius 1 is 1.16 bits per heavy atom. The second-order valence-electron chi connectivity index (χ2n) is 8.87. The third-order valence-electron chi connectivity index (χ3n) is 6.82. The fraction of sp³-hybridized carbons (Fsp3) is 0.348. The molecule has 0 spiro atoms. The average Bonchev–Trinajstić information content (AvgIpc) is 2.70. The van der Waals surface area contributed by atoms with E-state index in [1.165, 1.54) is 12.1 Å². The van der Waals surface area contributed by atoms with Crippen molar-refractivity contribution in [1.29, 1.82) is 0 Å². The molecule has 1 saturated carbocycles. The standard InChI is InChI=1S/C23H23N3O4S/c1-23(12-13-5-4-6-13)16-8-3-2-7-15(16)20(27)19(21(23)28)22-25-17-10-9-14(24)11-18(17)31(29,30)26-22/h2-3,7-11,13,19H,4-6,12,24H2,1H3,(H,25,26). The Morgan fingerprint density at radius 2 is 1.90 bits per heavy atom. The molecule has 1 heterocycles. The van der Waals surface area contributed by atoms with Crippen LogP contribution in [-0.4, -0.2) is 25.8 Å². The molecule has 2 aromatic carbocycles. The molecule has 0 aromatic heterocycles. The highest BCUT2D eigenvalue weighted by atomic mass is 32.2. The smallest absolute Gasteiger partial charge is 0.286 e. The number of ketones is 2. The van der Waals surface area contributed by atoms with E-state index in [0.29, 0.717) is 17.9 Å². The van der Waals surface area contributed by atoms with Gasteiger partial charge in [0.1, 0.15) is 16.6 Å². The number of sulfonamides is 1. The van der Waals surface area contributed by atoms with Gasteiger partial charge < -0.3 is 11.1 Å². The minimum absolute atomic E-state index is 0.0652. The molecule has 1 aliphatic heterocycles. The van der Waals surface area contributed by atoms with Crippen LogP contribution in [0.25, 0.3) is 0 Å². The van der Waals surface area contributed by atoms with Crippen LogP contribution < -0.4 is 11.1 Å². The first-order valence-corrected chi connectivity index (χ1v) is 11.8. The predicted octanol–water partition coefficient (Wildman–Crippen LogP) is 3.31. The number of nitrogens with one attached hydrogen (secondary N) is 1. The molecule has 0 amide bonds. The van der Waals surface area contributed by atoms with Gasteiger partial charge in [0.05, 0.1) is 11.1 Å². The van der Waals surface area contributed by atoms with Crippen LogP contribution in [0.1, 0.15) is 48.5 Å². The molecule has 2 aromatic rings. The van der Waals surface area contributed by atoms with Gasteiger partial charge >= 0.3 is 0 Å². The second kappa shape index (κ2) is 6.75. The van der Waals surface area contributed by atoms with Crippen LogP contribution in [0.4, 0.5) is 11.4 Å². The molecule has 160 valence electrons. The molecule has 0 bridgehead atoms. The minimum Gasteiger partial charge on any atom is -0.399 e. The molecular formula is C23H23N3O4S. The molecule has 0 radical (unpaired) electrons. The number of hydrogen-bond donors (Lipinski definition) is 2. The molecular weight excluding hydrogens is 414 g/mol. The number of nitrogen functional groups attached to an aromatic ring is 1. The fourth-order valence-electron chi connectivity index (χ4n) is 4.96. The predicted molar refractivity (Wildman–Crippen MR) is 118 cm³/mol. The molecule has 0 saturated heterocycles. The van der Waals surface area contributed by atoms with Crippen molar-refractivity contribution >= 4 is 38.8 Å². The Morgan fingerprint density at radius 3 is 2.61 bits per heavy atom. The Bertz CT molecular complexity index is 1260. The van der Waals surface area contributed by atoms with Crippen molar-refractivity contribution in [1.82, 2.24) is 0 Å². The van der Waals surface area contributed by atoms with Crippen molar-refractivity contribution < 1.29 is 18.0 Å². The lowest BCUT2D eigenvalue weighted by atomic mass is 9.60. The minimum atomic E-state index is -4.10. The molecule has 5 rings (SSSR count). The van der Waals surface area contributed by atoms with Crippen molar-refractivity contribution in [2.75, 3.05) is 11.1 Å². The summed E-state index contributed by atoms with van der Waals surface area (Å²) in [6.45, 7) is 1.87. The van der Waals surface area contributed by atoms with E-state index in [9.17, 15) is 18.0 Å². The summed E-state index contributed by atoms with van der Waals surface area (Å²) in [7, 11) is -4.10. The van der Waals surface area contributed by atoms with Gasteiger partial charge in [-0.05, 0) is 43.0 Å². The van der Waals surface area contributed by atoms with Gasteiger partial charge in [0, 0.05) is 11.3 Å². The summed E-state index contributed by atoms with van der Waals surface area (Å²) in [5, 5.41) is 2.93. The van der Waals surface area contributed by atoms with Gasteiger partial charge in [0.2, 0.25) is 0 Å². The summed E-state index contributed by atoms with van der Waals surface area (Å²) in [6, 6.07) is 11.5. The molecule has 7 nitrogen and oxygen atoms in total. The zero-order valence-electron chi connectivity index (χ0n) is 17.1. The number of anilines is 2. The summed E-state index contributed by atoms with van der Waals surface area (Å²) >= 11 is 0. The molecule has 2 atom stereocenters. The number of carbonyl (C=O) groups excluding carboxylic acids is 2. The maximum atomic E-state index is 13.8. The highest BCUT2D eigenvalue weighted by Crippen LogP contribution is 2.46. The van der Waals surface area contributed by atoms with Crippen LogP contribution in [0.2, 0.25) is 0 Å². The number of hydrogen-bond acceptors (Lipinski definition) is 6. The summed E-state index contributed by atoms with van der Waals surface area (Å²) in [5.74, 6) is -1.73. The number of fused-ring (bicyclic) bond motifs is 2. The third-order valence-corrected chi connectivity index (χ3v) is 8.15. The van der Waals surface area contributed by atoms with Crippen molar-refractivity contribution in [3.63, 3.8) is 0 Å². The molecule has 2 unspecified atom stereocenters. The molecule has 3 aliphatic rings. The summed E-state index contributed by atoms with van der Waals surface area (Å²) < 4.78 is 29.5. The fourth-order valence-corrected chi connectivity index (χ4v) is 6.15. The van der Waals surface area contributed by atoms with Crippen LogP contribution in [-0.2, 0) is 20.2 Å². The Kier molecular flexibility index (Phi) is 4.34. The normalized spacial score (nSPS) is 26.9. The average molecular weight is 438 g/mol. The van der Waals surface area contributed by atoms with E-state index in [4.69, 9.17) is 5.73 Å². The lowest BCUT2D eigenvalue weighted by molar-refractivity contribution is -0.126. The zero-order chi connectivity index (χ0) is 22.0. The second-order valence-corrected chi connectivity index (χ2v) is 10.4.